The molecular formula is C14H16F2N2OS2. The van der Waals surface area contributed by atoms with E-state index in [0.29, 0.717) is 29.0 Å². The SMILES string of the molecule is COc1cc([C@@H](C)NCc2cscn2)ccc1SC(F)F. The van der Waals surface area contributed by atoms with Gasteiger partial charge >= 0.3 is 0 Å². The van der Waals surface area contributed by atoms with Gasteiger partial charge in [-0.1, -0.05) is 17.8 Å². The summed E-state index contributed by atoms with van der Waals surface area (Å²) in [7, 11) is 1.49. The van der Waals surface area contributed by atoms with E-state index in [0.717, 1.165) is 11.3 Å². The van der Waals surface area contributed by atoms with Gasteiger partial charge in [-0.15, -0.1) is 11.3 Å². The van der Waals surface area contributed by atoms with E-state index in [2.05, 4.69) is 10.3 Å². The molecule has 21 heavy (non-hydrogen) atoms. The molecule has 1 N–H and O–H groups in total. The van der Waals surface area contributed by atoms with E-state index in [4.69, 9.17) is 4.74 Å². The van der Waals surface area contributed by atoms with Crippen LogP contribution in [0.15, 0.2) is 34.0 Å². The molecule has 0 aliphatic carbocycles. The summed E-state index contributed by atoms with van der Waals surface area (Å²) in [6, 6.07) is 5.38. The molecule has 1 aromatic heterocycles. The molecule has 0 radical (unpaired) electrons. The second kappa shape index (κ2) is 7.72. The molecule has 7 heteroatoms. The van der Waals surface area contributed by atoms with E-state index >= 15 is 0 Å². The van der Waals surface area contributed by atoms with Crippen molar-refractivity contribution in [3.63, 3.8) is 0 Å². The molecule has 0 saturated carbocycles. The normalized spacial score (nSPS) is 12.6. The molecule has 2 rings (SSSR count). The van der Waals surface area contributed by atoms with Crippen LogP contribution in [0.25, 0.3) is 0 Å². The lowest BCUT2D eigenvalue weighted by Crippen LogP contribution is -2.18. The molecule has 0 aliphatic heterocycles. The van der Waals surface area contributed by atoms with Crippen LogP contribution >= 0.6 is 23.1 Å². The minimum absolute atomic E-state index is 0.0752. The maximum absolute atomic E-state index is 12.5. The topological polar surface area (TPSA) is 34.1 Å². The Balaban J connectivity index is 2.05. The lowest BCUT2D eigenvalue weighted by molar-refractivity contribution is 0.251. The molecule has 114 valence electrons. The fourth-order valence-electron chi connectivity index (χ4n) is 1.85. The molecule has 1 heterocycles. The van der Waals surface area contributed by atoms with Crippen LogP contribution in [-0.2, 0) is 6.54 Å². The maximum atomic E-state index is 12.5. The van der Waals surface area contributed by atoms with Gasteiger partial charge in [0.1, 0.15) is 5.75 Å². The first-order valence-corrected chi connectivity index (χ1v) is 8.15. The van der Waals surface area contributed by atoms with E-state index in [9.17, 15) is 8.78 Å². The third-order valence-electron chi connectivity index (χ3n) is 2.98. The van der Waals surface area contributed by atoms with E-state index in [1.165, 1.54) is 7.11 Å². The molecule has 1 aromatic carbocycles. The van der Waals surface area contributed by atoms with Gasteiger partial charge in [-0.25, -0.2) is 4.98 Å². The number of alkyl halides is 2. The highest BCUT2D eigenvalue weighted by atomic mass is 32.2. The lowest BCUT2D eigenvalue weighted by Gasteiger charge is -2.16. The van der Waals surface area contributed by atoms with Crippen LogP contribution in [-0.4, -0.2) is 17.9 Å². The van der Waals surface area contributed by atoms with E-state index in [1.807, 2.05) is 18.4 Å². The van der Waals surface area contributed by atoms with Gasteiger partial charge in [0, 0.05) is 18.0 Å². The molecule has 0 spiro atoms. The van der Waals surface area contributed by atoms with Crippen molar-refractivity contribution in [3.8, 4) is 5.75 Å². The van der Waals surface area contributed by atoms with Crippen LogP contribution < -0.4 is 10.1 Å². The predicted molar refractivity (Wildman–Crippen MR) is 82.2 cm³/mol. The van der Waals surface area contributed by atoms with Gasteiger partial charge in [-0.05, 0) is 24.6 Å². The van der Waals surface area contributed by atoms with Gasteiger partial charge in [0.2, 0.25) is 0 Å². The van der Waals surface area contributed by atoms with Gasteiger partial charge < -0.3 is 10.1 Å². The molecule has 0 saturated heterocycles. The fourth-order valence-corrected chi connectivity index (χ4v) is 3.00. The Morgan fingerprint density at radius 1 is 1.43 bits per heavy atom. The smallest absolute Gasteiger partial charge is 0.289 e. The number of halogens is 2. The summed E-state index contributed by atoms with van der Waals surface area (Å²) >= 11 is 2.05. The van der Waals surface area contributed by atoms with Crippen molar-refractivity contribution in [2.75, 3.05) is 7.11 Å². The third-order valence-corrected chi connectivity index (χ3v) is 4.38. The van der Waals surface area contributed by atoms with E-state index in [-0.39, 0.29) is 6.04 Å². The van der Waals surface area contributed by atoms with Crippen LogP contribution in [0.2, 0.25) is 0 Å². The summed E-state index contributed by atoms with van der Waals surface area (Å²) in [5, 5.41) is 5.34. The summed E-state index contributed by atoms with van der Waals surface area (Å²) in [4.78, 5) is 4.65. The predicted octanol–water partition coefficient (Wildman–Crippen LogP) is 4.32. The summed E-state index contributed by atoms with van der Waals surface area (Å²) in [6.45, 7) is 2.68. The standard InChI is InChI=1S/C14H16F2N2OS2/c1-9(17-6-11-7-20-8-18-11)10-3-4-13(21-14(15)16)12(5-10)19-2/h3-5,7-9,14,17H,6H2,1-2H3/t9-/m1/s1. The number of hydrogen-bond acceptors (Lipinski definition) is 5. The minimum atomic E-state index is -2.45. The van der Waals surface area contributed by atoms with Crippen molar-refractivity contribution in [2.45, 2.75) is 30.2 Å². The van der Waals surface area contributed by atoms with Gasteiger partial charge in [0.25, 0.3) is 5.76 Å². The Labute approximate surface area is 130 Å². The van der Waals surface area contributed by atoms with Gasteiger partial charge in [0.05, 0.1) is 23.2 Å². The number of aromatic nitrogens is 1. The lowest BCUT2D eigenvalue weighted by atomic mass is 10.1. The average molecular weight is 330 g/mol. The van der Waals surface area contributed by atoms with Gasteiger partial charge in [-0.2, -0.15) is 8.78 Å². The van der Waals surface area contributed by atoms with Crippen molar-refractivity contribution >= 4 is 23.1 Å². The number of thioether (sulfide) groups is 1. The average Bonchev–Trinajstić information content (AvgIpc) is 2.98. The second-order valence-electron chi connectivity index (χ2n) is 4.37. The Bertz CT molecular complexity index is 564. The summed E-state index contributed by atoms with van der Waals surface area (Å²) in [6.07, 6.45) is 0. The number of nitrogens with one attached hydrogen (secondary N) is 1. The zero-order chi connectivity index (χ0) is 15.2. The Morgan fingerprint density at radius 3 is 2.86 bits per heavy atom. The first-order chi connectivity index (χ1) is 10.1. The Morgan fingerprint density at radius 2 is 2.24 bits per heavy atom. The molecule has 3 nitrogen and oxygen atoms in total. The van der Waals surface area contributed by atoms with Crippen LogP contribution in [0.1, 0.15) is 24.2 Å². The first-order valence-electron chi connectivity index (χ1n) is 6.33. The summed E-state index contributed by atoms with van der Waals surface area (Å²) in [5.74, 6) is -1.98. The zero-order valence-electron chi connectivity index (χ0n) is 11.7. The first kappa shape index (κ1) is 16.2. The van der Waals surface area contributed by atoms with Crippen LogP contribution in [0.4, 0.5) is 8.78 Å². The number of methoxy groups -OCH3 is 1. The second-order valence-corrected chi connectivity index (χ2v) is 6.12. The highest BCUT2D eigenvalue weighted by Gasteiger charge is 2.13. The molecule has 1 atom stereocenters. The van der Waals surface area contributed by atoms with Crippen LogP contribution in [0.3, 0.4) is 0 Å². The number of ether oxygens (including phenoxy) is 1. The van der Waals surface area contributed by atoms with Crippen molar-refractivity contribution in [2.24, 2.45) is 0 Å². The quantitative estimate of drug-likeness (QED) is 0.767. The van der Waals surface area contributed by atoms with Crippen LogP contribution in [0.5, 0.6) is 5.75 Å². The van der Waals surface area contributed by atoms with Crippen molar-refractivity contribution in [3.05, 3.63) is 40.3 Å². The zero-order valence-corrected chi connectivity index (χ0v) is 13.3. The van der Waals surface area contributed by atoms with Gasteiger partial charge in [-0.3, -0.25) is 0 Å². The molecule has 0 amide bonds. The molecular weight excluding hydrogens is 314 g/mol. The molecule has 2 aromatic rings. The highest BCUT2D eigenvalue weighted by molar-refractivity contribution is 7.99. The number of thiazole rings is 1. The third kappa shape index (κ3) is 4.66. The molecule has 0 unspecified atom stereocenters. The van der Waals surface area contributed by atoms with Crippen LogP contribution in [0, 0.1) is 0 Å². The molecule has 0 fully saturated rings. The van der Waals surface area contributed by atoms with E-state index < -0.39 is 5.76 Å². The Kier molecular flexibility index (Phi) is 5.96. The summed E-state index contributed by atoms with van der Waals surface area (Å²) in [5.41, 5.74) is 3.77. The highest BCUT2D eigenvalue weighted by Crippen LogP contribution is 2.35. The maximum Gasteiger partial charge on any atom is 0.289 e. The Hall–Kier alpha value is -1.18. The summed E-state index contributed by atoms with van der Waals surface area (Å²) < 4.78 is 30.1. The largest absolute Gasteiger partial charge is 0.496 e. The van der Waals surface area contributed by atoms with E-state index in [1.54, 1.807) is 29.0 Å². The number of benzene rings is 1. The number of hydrogen-bond donors (Lipinski definition) is 1. The number of nitrogens with zero attached hydrogens (tertiary/aromatic N) is 1. The molecule has 0 aliphatic rings. The minimum Gasteiger partial charge on any atom is -0.496 e. The van der Waals surface area contributed by atoms with Crippen molar-refractivity contribution in [1.29, 1.82) is 0 Å². The monoisotopic (exact) mass is 330 g/mol. The van der Waals surface area contributed by atoms with Gasteiger partial charge in [0.15, 0.2) is 0 Å². The molecule has 0 bridgehead atoms. The number of rotatable bonds is 7. The fraction of sp³-hybridized carbons (Fsp3) is 0.357. The van der Waals surface area contributed by atoms with Crippen molar-refractivity contribution in [1.82, 2.24) is 10.3 Å². The van der Waals surface area contributed by atoms with Crippen molar-refractivity contribution < 1.29 is 13.5 Å².